The molecule has 1 saturated carbocycles. The topological polar surface area (TPSA) is 98.9 Å². The van der Waals surface area contributed by atoms with Crippen LogP contribution in [0.1, 0.15) is 41.1 Å². The number of methoxy groups -OCH3 is 1. The molecule has 0 amide bonds. The summed E-state index contributed by atoms with van der Waals surface area (Å²) in [5.41, 5.74) is 0.810. The zero-order chi connectivity index (χ0) is 22.0. The van der Waals surface area contributed by atoms with E-state index in [1.54, 1.807) is 18.2 Å². The molecular formula is C23H20FNO6. The maximum atomic E-state index is 14.3. The molecule has 1 fully saturated rings. The summed E-state index contributed by atoms with van der Waals surface area (Å²) in [4.78, 5) is 24.0. The van der Waals surface area contributed by atoms with Crippen molar-refractivity contribution in [3.63, 3.8) is 0 Å². The summed E-state index contributed by atoms with van der Waals surface area (Å²) in [5, 5.41) is 13.0. The van der Waals surface area contributed by atoms with Gasteiger partial charge in [0, 0.05) is 5.56 Å². The lowest BCUT2D eigenvalue weighted by atomic mass is 9.91. The molecule has 2 aromatic carbocycles. The molecule has 1 aliphatic rings. The number of rotatable bonds is 8. The van der Waals surface area contributed by atoms with E-state index in [1.165, 1.54) is 25.3 Å². The highest BCUT2D eigenvalue weighted by atomic mass is 19.1. The van der Waals surface area contributed by atoms with E-state index in [-0.39, 0.29) is 34.9 Å². The first-order chi connectivity index (χ1) is 15.0. The number of carbonyl (C=O) groups excluding carboxylic acids is 1. The van der Waals surface area contributed by atoms with Crippen LogP contribution >= 0.6 is 0 Å². The van der Waals surface area contributed by atoms with Crippen LogP contribution in [-0.2, 0) is 4.79 Å². The summed E-state index contributed by atoms with van der Waals surface area (Å²) in [5.74, 6) is -1.37. The molecule has 31 heavy (non-hydrogen) atoms. The fraction of sp³-hybridized carbons (Fsp3) is 0.261. The summed E-state index contributed by atoms with van der Waals surface area (Å²) in [6, 6.07) is 10.9. The molecule has 1 aromatic heterocycles. The number of hydrogen-bond donors (Lipinski definition) is 1. The number of nitrogens with zero attached hydrogens (tertiary/aromatic N) is 1. The molecule has 1 atom stereocenters. The van der Waals surface area contributed by atoms with E-state index in [9.17, 15) is 19.1 Å². The summed E-state index contributed by atoms with van der Waals surface area (Å²) in [6.45, 7) is 0. The summed E-state index contributed by atoms with van der Waals surface area (Å²) < 4.78 is 29.8. The Balaban J connectivity index is 1.58. The lowest BCUT2D eigenvalue weighted by Gasteiger charge is -2.15. The smallest absolute Gasteiger partial charge is 0.349 e. The van der Waals surface area contributed by atoms with Crippen molar-refractivity contribution in [2.75, 3.05) is 7.11 Å². The number of ether oxygens (including phenoxy) is 2. The van der Waals surface area contributed by atoms with E-state index >= 15 is 0 Å². The number of halogens is 1. The van der Waals surface area contributed by atoms with Gasteiger partial charge in [0.15, 0.2) is 0 Å². The van der Waals surface area contributed by atoms with Crippen molar-refractivity contribution in [3.8, 4) is 22.8 Å². The molecule has 7 nitrogen and oxygen atoms in total. The SMILES string of the molecule is COc1ccc(F)c(-c2nocc2C(=O)Oc2cccc(C(CC(=O)O)C3CC3)c2)c1. The molecule has 0 radical (unpaired) electrons. The number of benzene rings is 2. The largest absolute Gasteiger partial charge is 0.497 e. The second kappa shape index (κ2) is 8.59. The minimum atomic E-state index is -0.867. The fourth-order valence-corrected chi connectivity index (χ4v) is 3.60. The summed E-state index contributed by atoms with van der Waals surface area (Å²) in [7, 11) is 1.45. The number of carbonyl (C=O) groups is 2. The van der Waals surface area contributed by atoms with Crippen molar-refractivity contribution in [1.29, 1.82) is 0 Å². The molecule has 1 N–H and O–H groups in total. The third kappa shape index (κ3) is 4.58. The highest BCUT2D eigenvalue weighted by molar-refractivity contribution is 5.97. The van der Waals surface area contributed by atoms with Gasteiger partial charge < -0.3 is 19.1 Å². The number of aliphatic carboxylic acids is 1. The van der Waals surface area contributed by atoms with Gasteiger partial charge >= 0.3 is 11.9 Å². The molecule has 1 heterocycles. The van der Waals surface area contributed by atoms with Crippen molar-refractivity contribution >= 4 is 11.9 Å². The first-order valence-corrected chi connectivity index (χ1v) is 9.78. The van der Waals surface area contributed by atoms with Crippen molar-refractivity contribution in [2.45, 2.75) is 25.2 Å². The molecule has 1 aliphatic carbocycles. The number of carboxylic acids is 1. The lowest BCUT2D eigenvalue weighted by molar-refractivity contribution is -0.137. The second-order valence-corrected chi connectivity index (χ2v) is 7.43. The highest BCUT2D eigenvalue weighted by Gasteiger charge is 2.34. The standard InChI is InChI=1S/C23H20FNO6/c1-29-15-7-8-20(24)18(10-15)22-19(12-30-25-22)23(28)31-16-4-2-3-14(9-16)17(11-21(26)27)13-5-6-13/h2-4,7-10,12-13,17H,5-6,11H2,1H3,(H,26,27). The van der Waals surface area contributed by atoms with Gasteiger partial charge in [0.25, 0.3) is 0 Å². The van der Waals surface area contributed by atoms with Gasteiger partial charge in [-0.15, -0.1) is 0 Å². The zero-order valence-electron chi connectivity index (χ0n) is 16.7. The van der Waals surface area contributed by atoms with E-state index in [2.05, 4.69) is 5.16 Å². The monoisotopic (exact) mass is 425 g/mol. The van der Waals surface area contributed by atoms with Gasteiger partial charge in [0.2, 0.25) is 0 Å². The lowest BCUT2D eigenvalue weighted by Crippen LogP contribution is -2.11. The Morgan fingerprint density at radius 2 is 2.03 bits per heavy atom. The summed E-state index contributed by atoms with van der Waals surface area (Å²) >= 11 is 0. The predicted molar refractivity (Wildman–Crippen MR) is 108 cm³/mol. The predicted octanol–water partition coefficient (Wildman–Crippen LogP) is 4.68. The van der Waals surface area contributed by atoms with Crippen LogP contribution in [0.15, 0.2) is 53.3 Å². The van der Waals surface area contributed by atoms with E-state index < -0.39 is 17.8 Å². The average molecular weight is 425 g/mol. The van der Waals surface area contributed by atoms with Crippen molar-refractivity contribution in [3.05, 3.63) is 65.7 Å². The van der Waals surface area contributed by atoms with Crippen LogP contribution in [0.3, 0.4) is 0 Å². The molecule has 4 rings (SSSR count). The molecule has 8 heteroatoms. The van der Waals surface area contributed by atoms with Crippen molar-refractivity contribution < 1.29 is 33.1 Å². The Morgan fingerprint density at radius 3 is 2.74 bits per heavy atom. The van der Waals surface area contributed by atoms with Gasteiger partial charge in [-0.25, -0.2) is 9.18 Å². The van der Waals surface area contributed by atoms with E-state index in [0.29, 0.717) is 11.7 Å². The quantitative estimate of drug-likeness (QED) is 0.413. The fourth-order valence-electron chi connectivity index (χ4n) is 3.60. The molecule has 0 aliphatic heterocycles. The number of aromatic nitrogens is 1. The minimum absolute atomic E-state index is 0.000659. The van der Waals surface area contributed by atoms with Crippen LogP contribution in [0.2, 0.25) is 0 Å². The third-order valence-corrected chi connectivity index (χ3v) is 5.30. The first-order valence-electron chi connectivity index (χ1n) is 9.78. The highest BCUT2D eigenvalue weighted by Crippen LogP contribution is 2.45. The average Bonchev–Trinajstić information content (AvgIpc) is 3.48. The Bertz CT molecular complexity index is 1120. The van der Waals surface area contributed by atoms with Crippen LogP contribution in [0.4, 0.5) is 4.39 Å². The minimum Gasteiger partial charge on any atom is -0.497 e. The Hall–Kier alpha value is -3.68. The van der Waals surface area contributed by atoms with Gasteiger partial charge in [-0.2, -0.15) is 0 Å². The summed E-state index contributed by atoms with van der Waals surface area (Å²) in [6.07, 6.45) is 3.08. The van der Waals surface area contributed by atoms with Crippen molar-refractivity contribution in [1.82, 2.24) is 5.16 Å². The van der Waals surface area contributed by atoms with Crippen molar-refractivity contribution in [2.24, 2.45) is 5.92 Å². The van der Waals surface area contributed by atoms with Gasteiger partial charge in [-0.05, 0) is 60.6 Å². The molecule has 0 bridgehead atoms. The molecule has 0 spiro atoms. The Morgan fingerprint density at radius 1 is 1.23 bits per heavy atom. The van der Waals surface area contributed by atoms with E-state index in [0.717, 1.165) is 24.7 Å². The molecular weight excluding hydrogens is 405 g/mol. The molecule has 160 valence electrons. The number of esters is 1. The number of hydrogen-bond acceptors (Lipinski definition) is 6. The maximum absolute atomic E-state index is 14.3. The first kappa shape index (κ1) is 20.6. The third-order valence-electron chi connectivity index (χ3n) is 5.30. The van der Waals surface area contributed by atoms with Gasteiger partial charge in [-0.3, -0.25) is 4.79 Å². The molecule has 3 aromatic rings. The van der Waals surface area contributed by atoms with E-state index in [4.69, 9.17) is 14.0 Å². The molecule has 0 saturated heterocycles. The Kier molecular flexibility index (Phi) is 5.70. The van der Waals surface area contributed by atoms with E-state index in [1.807, 2.05) is 6.07 Å². The normalized spacial score (nSPS) is 14.1. The van der Waals surface area contributed by atoms with Crippen LogP contribution in [-0.4, -0.2) is 29.3 Å². The van der Waals surface area contributed by atoms with Crippen LogP contribution in [0, 0.1) is 11.7 Å². The second-order valence-electron chi connectivity index (χ2n) is 7.43. The van der Waals surface area contributed by atoms with Crippen LogP contribution in [0.5, 0.6) is 11.5 Å². The maximum Gasteiger partial charge on any atom is 0.349 e. The van der Waals surface area contributed by atoms with Crippen LogP contribution in [0.25, 0.3) is 11.3 Å². The van der Waals surface area contributed by atoms with Gasteiger partial charge in [-0.1, -0.05) is 17.3 Å². The number of carboxylic acid groups (broad SMARTS) is 1. The van der Waals surface area contributed by atoms with Gasteiger partial charge in [0.1, 0.15) is 34.8 Å². The van der Waals surface area contributed by atoms with Crippen LogP contribution < -0.4 is 9.47 Å². The zero-order valence-corrected chi connectivity index (χ0v) is 16.7. The molecule has 1 unspecified atom stereocenters. The van der Waals surface area contributed by atoms with Gasteiger partial charge in [0.05, 0.1) is 13.5 Å². The Labute approximate surface area is 177 Å².